The highest BCUT2D eigenvalue weighted by atomic mass is 16.5. The number of piperidine rings is 1. The van der Waals surface area contributed by atoms with Crippen LogP contribution in [0.15, 0.2) is 24.3 Å². The van der Waals surface area contributed by atoms with E-state index < -0.39 is 0 Å². The first-order chi connectivity index (χ1) is 11.7. The minimum Gasteiger partial charge on any atom is -0.380 e. The molecule has 2 atom stereocenters. The summed E-state index contributed by atoms with van der Waals surface area (Å²) in [5.41, 5.74) is 2.76. The van der Waals surface area contributed by atoms with Gasteiger partial charge in [0, 0.05) is 39.3 Å². The molecule has 2 fully saturated rings. The Bertz CT molecular complexity index is 555. The number of hydrogen-bond donors (Lipinski definition) is 2. The molecule has 5 nitrogen and oxygen atoms in total. The van der Waals surface area contributed by atoms with Gasteiger partial charge in [0.1, 0.15) is 0 Å². The van der Waals surface area contributed by atoms with Crippen molar-refractivity contribution in [1.82, 2.24) is 15.5 Å². The third kappa shape index (κ3) is 4.35. The quantitative estimate of drug-likeness (QED) is 0.858. The molecule has 2 saturated heterocycles. The SMILES string of the molecule is CO[C@@H]1CN[C@H](C(=O)NC2CCN(Cc3ccccc3C)CC2)C1. The monoisotopic (exact) mass is 331 g/mol. The van der Waals surface area contributed by atoms with Gasteiger partial charge in [-0.3, -0.25) is 9.69 Å². The number of ether oxygens (including phenoxy) is 1. The molecule has 0 saturated carbocycles. The van der Waals surface area contributed by atoms with Gasteiger partial charge in [0.2, 0.25) is 5.91 Å². The summed E-state index contributed by atoms with van der Waals surface area (Å²) >= 11 is 0. The van der Waals surface area contributed by atoms with E-state index in [1.54, 1.807) is 7.11 Å². The maximum atomic E-state index is 12.3. The number of carbonyl (C=O) groups excluding carboxylic acids is 1. The van der Waals surface area contributed by atoms with Crippen LogP contribution in [0.25, 0.3) is 0 Å². The summed E-state index contributed by atoms with van der Waals surface area (Å²) < 4.78 is 5.31. The van der Waals surface area contributed by atoms with Crippen LogP contribution in [-0.2, 0) is 16.1 Å². The van der Waals surface area contributed by atoms with Gasteiger partial charge < -0.3 is 15.4 Å². The first-order valence-corrected chi connectivity index (χ1v) is 8.99. The third-order valence-corrected chi connectivity index (χ3v) is 5.33. The number of nitrogens with one attached hydrogen (secondary N) is 2. The Morgan fingerprint density at radius 3 is 2.75 bits per heavy atom. The fourth-order valence-corrected chi connectivity index (χ4v) is 3.65. The minimum absolute atomic E-state index is 0.0973. The summed E-state index contributed by atoms with van der Waals surface area (Å²) in [4.78, 5) is 14.8. The number of aryl methyl sites for hydroxylation is 1. The van der Waals surface area contributed by atoms with Crippen molar-refractivity contribution in [1.29, 1.82) is 0 Å². The molecule has 2 N–H and O–H groups in total. The number of carbonyl (C=O) groups is 1. The van der Waals surface area contributed by atoms with E-state index in [0.29, 0.717) is 6.04 Å². The van der Waals surface area contributed by atoms with E-state index in [9.17, 15) is 4.79 Å². The lowest BCUT2D eigenvalue weighted by Gasteiger charge is -2.33. The van der Waals surface area contributed by atoms with E-state index in [1.165, 1.54) is 11.1 Å². The highest BCUT2D eigenvalue weighted by molar-refractivity contribution is 5.82. The second-order valence-corrected chi connectivity index (χ2v) is 7.04. The normalized spacial score (nSPS) is 25.8. The van der Waals surface area contributed by atoms with E-state index >= 15 is 0 Å². The smallest absolute Gasteiger partial charge is 0.237 e. The molecule has 0 unspecified atom stereocenters. The van der Waals surface area contributed by atoms with E-state index in [2.05, 4.69) is 46.7 Å². The van der Waals surface area contributed by atoms with Crippen molar-refractivity contribution in [3.05, 3.63) is 35.4 Å². The molecule has 0 spiro atoms. The zero-order valence-electron chi connectivity index (χ0n) is 14.8. The molecule has 0 bridgehead atoms. The highest BCUT2D eigenvalue weighted by Gasteiger charge is 2.31. The first-order valence-electron chi connectivity index (χ1n) is 8.99. The molecule has 2 aliphatic rings. The Morgan fingerprint density at radius 1 is 1.33 bits per heavy atom. The number of likely N-dealkylation sites (tertiary alicyclic amines) is 1. The summed E-state index contributed by atoms with van der Waals surface area (Å²) in [5.74, 6) is 0.131. The van der Waals surface area contributed by atoms with Gasteiger partial charge in [-0.2, -0.15) is 0 Å². The van der Waals surface area contributed by atoms with Crippen LogP contribution in [0.5, 0.6) is 0 Å². The lowest BCUT2D eigenvalue weighted by atomic mass is 10.0. The van der Waals surface area contributed by atoms with Crippen LogP contribution in [0.3, 0.4) is 0 Å². The summed E-state index contributed by atoms with van der Waals surface area (Å²) in [5, 5.41) is 6.46. The van der Waals surface area contributed by atoms with Gasteiger partial charge in [-0.05, 0) is 37.3 Å². The van der Waals surface area contributed by atoms with Gasteiger partial charge >= 0.3 is 0 Å². The topological polar surface area (TPSA) is 53.6 Å². The van der Waals surface area contributed by atoms with Gasteiger partial charge in [-0.25, -0.2) is 0 Å². The first kappa shape index (κ1) is 17.4. The van der Waals surface area contributed by atoms with Crippen molar-refractivity contribution in [2.45, 2.75) is 50.9 Å². The number of hydrogen-bond acceptors (Lipinski definition) is 4. The van der Waals surface area contributed by atoms with Crippen LogP contribution in [-0.4, -0.2) is 55.7 Å². The van der Waals surface area contributed by atoms with Gasteiger partial charge in [-0.15, -0.1) is 0 Å². The van der Waals surface area contributed by atoms with Crippen molar-refractivity contribution >= 4 is 5.91 Å². The highest BCUT2D eigenvalue weighted by Crippen LogP contribution is 2.17. The van der Waals surface area contributed by atoms with Crippen LogP contribution >= 0.6 is 0 Å². The predicted octanol–water partition coefficient (Wildman–Crippen LogP) is 1.45. The fourth-order valence-electron chi connectivity index (χ4n) is 3.65. The molecular formula is C19H29N3O2. The number of nitrogens with zero attached hydrogens (tertiary/aromatic N) is 1. The molecule has 1 amide bonds. The van der Waals surface area contributed by atoms with Crippen LogP contribution in [0.4, 0.5) is 0 Å². The number of amides is 1. The summed E-state index contributed by atoms with van der Waals surface area (Å²) in [6, 6.07) is 8.78. The molecule has 2 heterocycles. The lowest BCUT2D eigenvalue weighted by Crippen LogP contribution is -2.49. The lowest BCUT2D eigenvalue weighted by molar-refractivity contribution is -0.124. The molecule has 24 heavy (non-hydrogen) atoms. The van der Waals surface area contributed by atoms with Crippen molar-refractivity contribution in [2.75, 3.05) is 26.7 Å². The van der Waals surface area contributed by atoms with Crippen LogP contribution in [0.2, 0.25) is 0 Å². The van der Waals surface area contributed by atoms with Crippen molar-refractivity contribution in [3.8, 4) is 0 Å². The van der Waals surface area contributed by atoms with Crippen molar-refractivity contribution in [2.24, 2.45) is 0 Å². The Hall–Kier alpha value is -1.43. The Labute approximate surface area is 144 Å². The zero-order chi connectivity index (χ0) is 16.9. The van der Waals surface area contributed by atoms with Gasteiger partial charge in [0.05, 0.1) is 12.1 Å². The Balaban J connectivity index is 1.42. The molecule has 0 aromatic heterocycles. The molecule has 1 aromatic carbocycles. The Morgan fingerprint density at radius 2 is 2.08 bits per heavy atom. The fraction of sp³-hybridized carbons (Fsp3) is 0.632. The number of methoxy groups -OCH3 is 1. The zero-order valence-corrected chi connectivity index (χ0v) is 14.8. The van der Waals surface area contributed by atoms with Gasteiger partial charge in [-0.1, -0.05) is 24.3 Å². The van der Waals surface area contributed by atoms with E-state index in [4.69, 9.17) is 4.74 Å². The van der Waals surface area contributed by atoms with E-state index in [-0.39, 0.29) is 18.1 Å². The van der Waals surface area contributed by atoms with Crippen LogP contribution < -0.4 is 10.6 Å². The second kappa shape index (κ2) is 8.10. The number of benzene rings is 1. The van der Waals surface area contributed by atoms with Crippen molar-refractivity contribution < 1.29 is 9.53 Å². The average Bonchev–Trinajstić information content (AvgIpc) is 3.08. The Kier molecular flexibility index (Phi) is 5.87. The van der Waals surface area contributed by atoms with Crippen LogP contribution in [0.1, 0.15) is 30.4 Å². The van der Waals surface area contributed by atoms with E-state index in [0.717, 1.165) is 45.4 Å². The van der Waals surface area contributed by atoms with Crippen molar-refractivity contribution in [3.63, 3.8) is 0 Å². The molecule has 3 rings (SSSR count). The minimum atomic E-state index is -0.0973. The van der Waals surface area contributed by atoms with E-state index in [1.807, 2.05) is 0 Å². The molecule has 132 valence electrons. The summed E-state index contributed by atoms with van der Waals surface area (Å²) in [6.45, 7) is 6.02. The molecular weight excluding hydrogens is 302 g/mol. The molecule has 0 aliphatic carbocycles. The maximum Gasteiger partial charge on any atom is 0.237 e. The molecule has 5 heteroatoms. The number of rotatable bonds is 5. The van der Waals surface area contributed by atoms with Gasteiger partial charge in [0.15, 0.2) is 0 Å². The standard InChI is InChI=1S/C19H29N3O2/c1-14-5-3-4-6-15(14)13-22-9-7-16(8-10-22)21-19(23)18-11-17(24-2)12-20-18/h3-6,16-18,20H,7-13H2,1-2H3,(H,21,23)/t17-,18-/m0/s1. The summed E-state index contributed by atoms with van der Waals surface area (Å²) in [6.07, 6.45) is 2.99. The third-order valence-electron chi connectivity index (χ3n) is 5.33. The largest absolute Gasteiger partial charge is 0.380 e. The maximum absolute atomic E-state index is 12.3. The average molecular weight is 331 g/mol. The molecule has 1 aromatic rings. The van der Waals surface area contributed by atoms with Crippen LogP contribution in [0, 0.1) is 6.92 Å². The van der Waals surface area contributed by atoms with Gasteiger partial charge in [0.25, 0.3) is 0 Å². The second-order valence-electron chi connectivity index (χ2n) is 7.04. The molecule has 0 radical (unpaired) electrons. The molecule has 2 aliphatic heterocycles. The summed E-state index contributed by atoms with van der Waals surface area (Å²) in [7, 11) is 1.71. The predicted molar refractivity (Wildman–Crippen MR) is 94.8 cm³/mol.